The third-order valence-electron chi connectivity index (χ3n) is 4.52. The van der Waals surface area contributed by atoms with Crippen LogP contribution in [-0.2, 0) is 0 Å². The molecule has 17 heavy (non-hydrogen) atoms. The van der Waals surface area contributed by atoms with Crippen LogP contribution in [0.3, 0.4) is 0 Å². The Bertz CT molecular complexity index is 238. The minimum atomic E-state index is 0.621. The van der Waals surface area contributed by atoms with Gasteiger partial charge in [0.1, 0.15) is 0 Å². The molecule has 0 spiro atoms. The van der Waals surface area contributed by atoms with Crippen molar-refractivity contribution in [3.63, 3.8) is 0 Å². The lowest BCUT2D eigenvalue weighted by Gasteiger charge is -2.24. The van der Waals surface area contributed by atoms with Crippen LogP contribution in [0.25, 0.3) is 0 Å². The molecule has 0 aromatic carbocycles. The van der Waals surface area contributed by atoms with Crippen LogP contribution in [0, 0.1) is 11.3 Å². The molecule has 100 valence electrons. The first-order valence-corrected chi connectivity index (χ1v) is 7.15. The first-order chi connectivity index (χ1) is 8.13. The summed E-state index contributed by atoms with van der Waals surface area (Å²) in [5, 5.41) is 3.35. The van der Waals surface area contributed by atoms with Crippen LogP contribution < -0.4 is 5.32 Å². The van der Waals surface area contributed by atoms with Crippen molar-refractivity contribution in [1.82, 2.24) is 15.1 Å². The smallest absolute Gasteiger partial charge is 0.00471 e. The van der Waals surface area contributed by atoms with Crippen molar-refractivity contribution in [2.75, 3.05) is 53.9 Å². The zero-order chi connectivity index (χ0) is 12.3. The summed E-state index contributed by atoms with van der Waals surface area (Å²) in [6.45, 7) is 6.39. The summed E-state index contributed by atoms with van der Waals surface area (Å²) in [6.07, 6.45) is 5.64. The number of hydrogen-bond acceptors (Lipinski definition) is 3. The highest BCUT2D eigenvalue weighted by atomic mass is 15.1. The summed E-state index contributed by atoms with van der Waals surface area (Å²) in [7, 11) is 6.62. The van der Waals surface area contributed by atoms with Crippen molar-refractivity contribution < 1.29 is 0 Å². The van der Waals surface area contributed by atoms with Gasteiger partial charge in [0.05, 0.1) is 0 Å². The molecule has 0 amide bonds. The Morgan fingerprint density at radius 3 is 2.71 bits per heavy atom. The van der Waals surface area contributed by atoms with Crippen LogP contribution in [-0.4, -0.2) is 63.7 Å². The molecule has 1 saturated heterocycles. The van der Waals surface area contributed by atoms with Gasteiger partial charge in [0.2, 0.25) is 0 Å². The van der Waals surface area contributed by atoms with Crippen molar-refractivity contribution in [2.24, 2.45) is 11.3 Å². The monoisotopic (exact) mass is 239 g/mol. The lowest BCUT2D eigenvalue weighted by molar-refractivity contribution is 0.241. The molecule has 2 fully saturated rings. The van der Waals surface area contributed by atoms with Gasteiger partial charge in [0.25, 0.3) is 0 Å². The second-order valence-electron chi connectivity index (χ2n) is 6.47. The Morgan fingerprint density at radius 2 is 2.18 bits per heavy atom. The second kappa shape index (κ2) is 5.68. The zero-order valence-electron chi connectivity index (χ0n) is 11.8. The highest BCUT2D eigenvalue weighted by Gasteiger charge is 2.42. The summed E-state index contributed by atoms with van der Waals surface area (Å²) in [6, 6.07) is 0. The standard InChI is InChI=1S/C14H29N3/c1-15-11-14(6-7-14)12-17(3)9-5-13-4-8-16(2)10-13/h13,15H,4-12H2,1-3H3. The van der Waals surface area contributed by atoms with Crippen molar-refractivity contribution >= 4 is 0 Å². The number of nitrogens with one attached hydrogen (secondary N) is 1. The molecule has 1 aliphatic carbocycles. The third kappa shape index (κ3) is 3.94. The van der Waals surface area contributed by atoms with Gasteiger partial charge in [0.15, 0.2) is 0 Å². The molecule has 1 aliphatic heterocycles. The van der Waals surface area contributed by atoms with E-state index in [1.54, 1.807) is 0 Å². The topological polar surface area (TPSA) is 18.5 Å². The average Bonchev–Trinajstić information content (AvgIpc) is 2.89. The van der Waals surface area contributed by atoms with Gasteiger partial charge in [0, 0.05) is 19.6 Å². The lowest BCUT2D eigenvalue weighted by atomic mass is 10.0. The molecule has 0 bridgehead atoms. The Hall–Kier alpha value is -0.120. The molecule has 1 atom stereocenters. The first kappa shape index (κ1) is 13.3. The Kier molecular flexibility index (Phi) is 4.45. The van der Waals surface area contributed by atoms with Gasteiger partial charge in [-0.15, -0.1) is 0 Å². The van der Waals surface area contributed by atoms with Gasteiger partial charge in [-0.1, -0.05) is 0 Å². The highest BCUT2D eigenvalue weighted by molar-refractivity contribution is 4.96. The Labute approximate surface area is 107 Å². The van der Waals surface area contributed by atoms with Gasteiger partial charge < -0.3 is 15.1 Å². The van der Waals surface area contributed by atoms with E-state index in [0.717, 1.165) is 5.92 Å². The Balaban J connectivity index is 1.62. The van der Waals surface area contributed by atoms with E-state index in [4.69, 9.17) is 0 Å². The van der Waals surface area contributed by atoms with Gasteiger partial charge in [-0.3, -0.25) is 0 Å². The predicted octanol–water partition coefficient (Wildman–Crippen LogP) is 1.26. The fourth-order valence-corrected chi connectivity index (χ4v) is 3.26. The fraction of sp³-hybridized carbons (Fsp3) is 1.00. The van der Waals surface area contributed by atoms with E-state index in [-0.39, 0.29) is 0 Å². The summed E-state index contributed by atoms with van der Waals surface area (Å²) in [5.74, 6) is 0.946. The molecule has 3 heteroatoms. The minimum absolute atomic E-state index is 0.621. The van der Waals surface area contributed by atoms with Crippen molar-refractivity contribution in [2.45, 2.75) is 25.7 Å². The maximum atomic E-state index is 3.35. The maximum Gasteiger partial charge on any atom is 0.00471 e. The van der Waals surface area contributed by atoms with Crippen LogP contribution in [0.4, 0.5) is 0 Å². The molecular formula is C14H29N3. The van der Waals surface area contributed by atoms with Crippen LogP contribution >= 0.6 is 0 Å². The SMILES string of the molecule is CNCC1(CN(C)CCC2CCN(C)C2)CC1. The van der Waals surface area contributed by atoms with E-state index in [0.29, 0.717) is 5.41 Å². The minimum Gasteiger partial charge on any atom is -0.319 e. The van der Waals surface area contributed by atoms with Crippen LogP contribution in [0.15, 0.2) is 0 Å². The van der Waals surface area contributed by atoms with Gasteiger partial charge in [-0.2, -0.15) is 0 Å². The molecule has 2 rings (SSSR count). The van der Waals surface area contributed by atoms with Crippen molar-refractivity contribution in [3.05, 3.63) is 0 Å². The number of hydrogen-bond donors (Lipinski definition) is 1. The van der Waals surface area contributed by atoms with Crippen molar-refractivity contribution in [1.29, 1.82) is 0 Å². The average molecular weight is 239 g/mol. The van der Waals surface area contributed by atoms with Gasteiger partial charge >= 0.3 is 0 Å². The molecule has 1 heterocycles. The summed E-state index contributed by atoms with van der Waals surface area (Å²) in [5.41, 5.74) is 0.621. The van der Waals surface area contributed by atoms with Crippen LogP contribution in [0.5, 0.6) is 0 Å². The van der Waals surface area contributed by atoms with E-state index < -0.39 is 0 Å². The molecule has 0 aromatic rings. The van der Waals surface area contributed by atoms with E-state index in [1.807, 2.05) is 0 Å². The van der Waals surface area contributed by atoms with Crippen LogP contribution in [0.1, 0.15) is 25.7 Å². The Morgan fingerprint density at radius 1 is 1.41 bits per heavy atom. The third-order valence-corrected chi connectivity index (χ3v) is 4.52. The molecule has 0 radical (unpaired) electrons. The summed E-state index contributed by atoms with van der Waals surface area (Å²) >= 11 is 0. The van der Waals surface area contributed by atoms with E-state index in [9.17, 15) is 0 Å². The number of rotatable bonds is 7. The van der Waals surface area contributed by atoms with Crippen molar-refractivity contribution in [3.8, 4) is 0 Å². The molecule has 0 aromatic heterocycles. The normalized spacial score (nSPS) is 27.9. The molecular weight excluding hydrogens is 210 g/mol. The van der Waals surface area contributed by atoms with Gasteiger partial charge in [-0.25, -0.2) is 0 Å². The summed E-state index contributed by atoms with van der Waals surface area (Å²) in [4.78, 5) is 5.02. The van der Waals surface area contributed by atoms with E-state index in [2.05, 4.69) is 36.3 Å². The largest absolute Gasteiger partial charge is 0.319 e. The highest BCUT2D eigenvalue weighted by Crippen LogP contribution is 2.45. The number of likely N-dealkylation sites (tertiary alicyclic amines) is 1. The van der Waals surface area contributed by atoms with Crippen LogP contribution in [0.2, 0.25) is 0 Å². The maximum absolute atomic E-state index is 3.35. The predicted molar refractivity (Wildman–Crippen MR) is 73.3 cm³/mol. The molecule has 1 N–H and O–H groups in total. The van der Waals surface area contributed by atoms with E-state index >= 15 is 0 Å². The zero-order valence-corrected chi connectivity index (χ0v) is 11.8. The lowest BCUT2D eigenvalue weighted by Crippen LogP contribution is -2.34. The summed E-state index contributed by atoms with van der Waals surface area (Å²) < 4.78 is 0. The van der Waals surface area contributed by atoms with E-state index in [1.165, 1.54) is 58.4 Å². The molecule has 1 unspecified atom stereocenters. The first-order valence-electron chi connectivity index (χ1n) is 7.15. The molecule has 3 nitrogen and oxygen atoms in total. The fourth-order valence-electron chi connectivity index (χ4n) is 3.26. The second-order valence-corrected chi connectivity index (χ2v) is 6.47. The quantitative estimate of drug-likeness (QED) is 0.721. The van der Waals surface area contributed by atoms with Gasteiger partial charge in [-0.05, 0) is 71.2 Å². The molecule has 1 saturated carbocycles. The number of nitrogens with zero attached hydrogens (tertiary/aromatic N) is 2. The molecule has 2 aliphatic rings.